The van der Waals surface area contributed by atoms with Gasteiger partial charge in [0.15, 0.2) is 0 Å². The Balaban J connectivity index is 3.97. The molecule has 0 saturated heterocycles. The maximum Gasteiger partial charge on any atom is 0.0979 e. The van der Waals surface area contributed by atoms with Gasteiger partial charge in [-0.1, -0.05) is 0 Å². The molecule has 0 aromatic heterocycles. The summed E-state index contributed by atoms with van der Waals surface area (Å²) in [5.74, 6) is 0. The van der Waals surface area contributed by atoms with Crippen LogP contribution < -0.4 is 0 Å². The second-order valence-corrected chi connectivity index (χ2v) is 1.05. The summed E-state index contributed by atoms with van der Waals surface area (Å²) in [5.41, 5.74) is 15.7. The normalized spacial score (nSPS) is 6.78. The second-order valence-electron chi connectivity index (χ2n) is 1.05. The predicted octanol–water partition coefficient (Wildman–Crippen LogP) is 1.76. The largest absolute Gasteiger partial charge is 0.168 e. The maximum absolute atomic E-state index is 7.83. The van der Waals surface area contributed by atoms with Crippen molar-refractivity contribution in [1.82, 2.24) is 5.12 Å². The van der Waals surface area contributed by atoms with E-state index in [0.717, 1.165) is 5.12 Å². The average molecular weight is 127 g/mol. The quantitative estimate of drug-likeness (QED) is 0.245. The van der Waals surface area contributed by atoms with Crippen molar-refractivity contribution >= 4 is 0 Å². The van der Waals surface area contributed by atoms with E-state index in [4.69, 9.17) is 11.1 Å². The van der Waals surface area contributed by atoms with Crippen molar-refractivity contribution in [3.8, 4) is 0 Å². The number of hydrogen-bond donors (Lipinski definition) is 0. The van der Waals surface area contributed by atoms with Gasteiger partial charge in [-0.15, -0.1) is 11.1 Å². The molecule has 48 valence electrons. The summed E-state index contributed by atoms with van der Waals surface area (Å²) >= 11 is 0. The van der Waals surface area contributed by atoms with E-state index < -0.39 is 0 Å². The molecule has 0 radical (unpaired) electrons. The van der Waals surface area contributed by atoms with Gasteiger partial charge in [0, 0.05) is 0 Å². The Morgan fingerprint density at radius 1 is 1.33 bits per heavy atom. The molecular formula is C2H5N7. The van der Waals surface area contributed by atoms with Gasteiger partial charge in [0.1, 0.15) is 0 Å². The Bertz CT molecular complexity index is 142. The number of azide groups is 1. The summed E-state index contributed by atoms with van der Waals surface area (Å²) < 4.78 is 0. The zero-order valence-corrected chi connectivity index (χ0v) is 4.84. The lowest BCUT2D eigenvalue weighted by Crippen LogP contribution is -2.04. The third-order valence-electron chi connectivity index (χ3n) is 0.569. The minimum atomic E-state index is 0.369. The van der Waals surface area contributed by atoms with E-state index in [1.54, 1.807) is 6.92 Å². The molecule has 0 N–H and O–H groups in total. The Kier molecular flexibility index (Phi) is 3.77. The van der Waals surface area contributed by atoms with Crippen molar-refractivity contribution < 1.29 is 0 Å². The summed E-state index contributed by atoms with van der Waals surface area (Å²) in [7, 11) is 0. The maximum atomic E-state index is 7.83. The molecule has 0 spiro atoms. The zero-order valence-electron chi connectivity index (χ0n) is 4.84. The van der Waals surface area contributed by atoms with Crippen molar-refractivity contribution in [1.29, 1.82) is 0 Å². The fourth-order valence-electron chi connectivity index (χ4n) is 0.237. The molecule has 0 aliphatic carbocycles. The van der Waals surface area contributed by atoms with Crippen LogP contribution in [0.25, 0.3) is 20.9 Å². The molecule has 0 bridgehead atoms. The van der Waals surface area contributed by atoms with E-state index in [0.29, 0.717) is 6.54 Å². The summed E-state index contributed by atoms with van der Waals surface area (Å²) in [5, 5.41) is 6.95. The molecule has 9 heavy (non-hydrogen) atoms. The Morgan fingerprint density at radius 2 is 1.78 bits per heavy atom. The zero-order chi connectivity index (χ0) is 7.11. The lowest BCUT2D eigenvalue weighted by molar-refractivity contribution is 0.309. The summed E-state index contributed by atoms with van der Waals surface area (Å²) in [6.45, 7) is 2.07. The molecule has 0 amide bonds. The first-order valence-corrected chi connectivity index (χ1v) is 2.22. The highest BCUT2D eigenvalue weighted by molar-refractivity contribution is 4.43. The fraction of sp³-hybridized carbons (Fsp3) is 1.00. The molecule has 7 heteroatoms. The van der Waals surface area contributed by atoms with E-state index >= 15 is 0 Å². The molecule has 0 saturated carbocycles. The molecule has 0 unspecified atom stereocenters. The SMILES string of the molecule is CCN(N=[N+]=[N-])N=[N+]=[N-]. The molecule has 0 aliphatic heterocycles. The topological polar surface area (TPSA) is 101 Å². The van der Waals surface area contributed by atoms with Gasteiger partial charge >= 0.3 is 0 Å². The first-order valence-electron chi connectivity index (χ1n) is 2.22. The fourth-order valence-corrected chi connectivity index (χ4v) is 0.237. The van der Waals surface area contributed by atoms with Crippen molar-refractivity contribution in [3.63, 3.8) is 0 Å². The number of rotatable bonds is 3. The first kappa shape index (κ1) is 7.42. The molecule has 0 heterocycles. The molecular weight excluding hydrogens is 122 g/mol. The van der Waals surface area contributed by atoms with Gasteiger partial charge in [-0.05, 0) is 17.4 Å². The molecule has 7 nitrogen and oxygen atoms in total. The van der Waals surface area contributed by atoms with E-state index in [1.807, 2.05) is 0 Å². The molecule has 0 aromatic carbocycles. The number of nitrogens with zero attached hydrogens (tertiary/aromatic N) is 7. The van der Waals surface area contributed by atoms with Gasteiger partial charge in [0.25, 0.3) is 0 Å². The van der Waals surface area contributed by atoms with E-state index in [9.17, 15) is 0 Å². The van der Waals surface area contributed by atoms with Crippen LogP contribution in [0, 0.1) is 0 Å². The molecule has 0 atom stereocenters. The number of hydrogen-bond acceptors (Lipinski definition) is 2. The Morgan fingerprint density at radius 3 is 2.00 bits per heavy atom. The first-order chi connectivity index (χ1) is 4.35. The third-order valence-corrected chi connectivity index (χ3v) is 0.569. The van der Waals surface area contributed by atoms with Crippen LogP contribution in [-0.4, -0.2) is 11.7 Å². The van der Waals surface area contributed by atoms with Crippen LogP contribution in [0.4, 0.5) is 0 Å². The average Bonchev–Trinajstić information content (AvgIpc) is 1.88. The van der Waals surface area contributed by atoms with Crippen LogP contribution in [0.5, 0.6) is 0 Å². The van der Waals surface area contributed by atoms with Gasteiger partial charge in [0.05, 0.1) is 6.54 Å². The van der Waals surface area contributed by atoms with Gasteiger partial charge < -0.3 is 0 Å². The third kappa shape index (κ3) is 3.04. The Labute approximate surface area is 51.1 Å². The highest BCUT2D eigenvalue weighted by Crippen LogP contribution is 1.88. The minimum Gasteiger partial charge on any atom is -0.168 e. The minimum absolute atomic E-state index is 0.369. The van der Waals surface area contributed by atoms with Crippen molar-refractivity contribution in [2.45, 2.75) is 6.92 Å². The monoisotopic (exact) mass is 127 g/mol. The molecule has 0 rings (SSSR count). The summed E-state index contributed by atoms with van der Waals surface area (Å²) in [6.07, 6.45) is 0. The standard InChI is InChI=1S/C2H5N7/c1-2-9(7-5-3)8-6-4/h2H2,1H3. The van der Waals surface area contributed by atoms with Crippen molar-refractivity contribution in [2.24, 2.45) is 10.4 Å². The lowest BCUT2D eigenvalue weighted by atomic mass is 10.8. The second kappa shape index (κ2) is 4.58. The molecule has 0 fully saturated rings. The van der Waals surface area contributed by atoms with Crippen LogP contribution in [-0.2, 0) is 0 Å². The van der Waals surface area contributed by atoms with Crippen molar-refractivity contribution in [2.75, 3.05) is 6.54 Å². The predicted molar refractivity (Wildman–Crippen MR) is 30.7 cm³/mol. The lowest BCUT2D eigenvalue weighted by Gasteiger charge is -1.99. The highest BCUT2D eigenvalue weighted by Gasteiger charge is 1.88. The summed E-state index contributed by atoms with van der Waals surface area (Å²) in [6, 6.07) is 0. The Hall–Kier alpha value is -1.58. The van der Waals surface area contributed by atoms with Gasteiger partial charge in [-0.25, -0.2) is 0 Å². The van der Waals surface area contributed by atoms with Crippen molar-refractivity contribution in [3.05, 3.63) is 20.9 Å². The van der Waals surface area contributed by atoms with Gasteiger partial charge in [-0.3, -0.25) is 0 Å². The molecule has 0 aromatic rings. The van der Waals surface area contributed by atoms with E-state index in [2.05, 4.69) is 20.3 Å². The van der Waals surface area contributed by atoms with Crippen LogP contribution in [0.3, 0.4) is 0 Å². The van der Waals surface area contributed by atoms with E-state index in [-0.39, 0.29) is 0 Å². The van der Waals surface area contributed by atoms with Gasteiger partial charge in [0.2, 0.25) is 0 Å². The van der Waals surface area contributed by atoms with E-state index in [1.165, 1.54) is 0 Å². The van der Waals surface area contributed by atoms with Crippen LogP contribution in [0.15, 0.2) is 10.4 Å². The highest BCUT2D eigenvalue weighted by atomic mass is 15.7. The van der Waals surface area contributed by atoms with Crippen LogP contribution in [0.2, 0.25) is 0 Å². The van der Waals surface area contributed by atoms with Crippen LogP contribution in [0.1, 0.15) is 6.92 Å². The summed E-state index contributed by atoms with van der Waals surface area (Å²) in [4.78, 5) is 4.82. The van der Waals surface area contributed by atoms with Crippen LogP contribution >= 0.6 is 0 Å². The molecule has 0 aliphatic rings. The van der Waals surface area contributed by atoms with Gasteiger partial charge in [-0.2, -0.15) is 14.9 Å². The smallest absolute Gasteiger partial charge is 0.0979 e.